The summed E-state index contributed by atoms with van der Waals surface area (Å²) >= 11 is 0. The van der Waals surface area contributed by atoms with Crippen LogP contribution in [0.2, 0.25) is 0 Å². The maximum absolute atomic E-state index is 10.9. The summed E-state index contributed by atoms with van der Waals surface area (Å²) in [5.41, 5.74) is 4.84. The Hall–Kier alpha value is -4.32. The summed E-state index contributed by atoms with van der Waals surface area (Å²) in [5.74, 6) is 1.51. The zero-order valence-corrected chi connectivity index (χ0v) is 22.8. The minimum atomic E-state index is -0.943. The molecule has 0 atom stereocenters. The lowest BCUT2D eigenvalue weighted by Gasteiger charge is -2.37. The minimum absolute atomic E-state index is 0.00418. The summed E-state index contributed by atoms with van der Waals surface area (Å²) in [7, 11) is 0. The van der Waals surface area contributed by atoms with Gasteiger partial charge < -0.3 is 29.2 Å². The molecule has 4 aromatic rings. The van der Waals surface area contributed by atoms with Gasteiger partial charge in [0.1, 0.15) is 0 Å². The minimum Gasteiger partial charge on any atom is -0.504 e. The van der Waals surface area contributed by atoms with Crippen molar-refractivity contribution in [2.45, 2.75) is 33.1 Å². The number of hydrogen-bond donors (Lipinski definition) is 2. The average Bonchev–Trinajstić information content (AvgIpc) is 3.24. The molecule has 39 heavy (non-hydrogen) atoms. The van der Waals surface area contributed by atoms with E-state index in [0.29, 0.717) is 49.4 Å². The van der Waals surface area contributed by atoms with E-state index in [1.54, 1.807) is 12.1 Å². The highest BCUT2D eigenvalue weighted by Crippen LogP contribution is 2.62. The highest BCUT2D eigenvalue weighted by atomic mass is 16.5. The Balaban J connectivity index is 2.02. The van der Waals surface area contributed by atoms with Crippen LogP contribution in [0.1, 0.15) is 49.9 Å². The second-order valence-electron chi connectivity index (χ2n) is 9.15. The van der Waals surface area contributed by atoms with E-state index in [1.165, 1.54) is 0 Å². The van der Waals surface area contributed by atoms with Crippen LogP contribution in [0.15, 0.2) is 72.8 Å². The fourth-order valence-corrected chi connectivity index (χ4v) is 5.80. The fourth-order valence-electron chi connectivity index (χ4n) is 5.80. The van der Waals surface area contributed by atoms with Crippen molar-refractivity contribution in [2.24, 2.45) is 0 Å². The van der Waals surface area contributed by atoms with E-state index in [1.807, 2.05) is 64.1 Å². The second kappa shape index (κ2) is 10.8. The Kier molecular flexibility index (Phi) is 7.29. The van der Waals surface area contributed by atoms with Crippen molar-refractivity contribution in [3.8, 4) is 45.6 Å². The number of ether oxygens (including phenoxy) is 4. The Morgan fingerprint density at radius 3 is 1.21 bits per heavy atom. The molecular formula is C33H34O6. The second-order valence-corrected chi connectivity index (χ2v) is 9.15. The van der Waals surface area contributed by atoms with Crippen molar-refractivity contribution >= 4 is 0 Å². The fraction of sp³-hybridized carbons (Fsp3) is 0.273. The number of phenols is 2. The third-order valence-electron chi connectivity index (χ3n) is 7.10. The highest BCUT2D eigenvalue weighted by molar-refractivity contribution is 5.88. The summed E-state index contributed by atoms with van der Waals surface area (Å²) in [6, 6.07) is 23.7. The number of benzene rings is 4. The summed E-state index contributed by atoms with van der Waals surface area (Å²) < 4.78 is 24.5. The molecule has 0 bridgehead atoms. The molecule has 0 heterocycles. The van der Waals surface area contributed by atoms with E-state index < -0.39 is 5.41 Å². The lowest BCUT2D eigenvalue weighted by atomic mass is 9.66. The zero-order chi connectivity index (χ0) is 27.6. The molecule has 202 valence electrons. The van der Waals surface area contributed by atoms with Crippen LogP contribution < -0.4 is 18.9 Å². The van der Waals surface area contributed by atoms with Gasteiger partial charge in [-0.25, -0.2) is 0 Å². The molecule has 0 radical (unpaired) electrons. The monoisotopic (exact) mass is 526 g/mol. The molecule has 0 fully saturated rings. The summed E-state index contributed by atoms with van der Waals surface area (Å²) in [6.45, 7) is 9.02. The number of phenolic OH excluding ortho intramolecular Hbond substituents is 2. The van der Waals surface area contributed by atoms with Crippen LogP contribution in [-0.2, 0) is 5.41 Å². The van der Waals surface area contributed by atoms with E-state index in [-0.39, 0.29) is 11.5 Å². The molecule has 0 aromatic heterocycles. The van der Waals surface area contributed by atoms with Crippen LogP contribution in [-0.4, -0.2) is 36.6 Å². The molecule has 0 saturated carbocycles. The average molecular weight is 527 g/mol. The van der Waals surface area contributed by atoms with Gasteiger partial charge >= 0.3 is 0 Å². The first-order valence-corrected chi connectivity index (χ1v) is 13.5. The van der Waals surface area contributed by atoms with Crippen LogP contribution in [0.3, 0.4) is 0 Å². The summed E-state index contributed by atoms with van der Waals surface area (Å²) in [4.78, 5) is 0. The zero-order valence-electron chi connectivity index (χ0n) is 22.8. The maximum atomic E-state index is 10.9. The predicted octanol–water partition coefficient (Wildman–Crippen LogP) is 7.06. The molecular weight excluding hydrogens is 492 g/mol. The molecule has 0 spiro atoms. The molecule has 0 saturated heterocycles. The van der Waals surface area contributed by atoms with Crippen molar-refractivity contribution in [2.75, 3.05) is 26.4 Å². The van der Waals surface area contributed by atoms with E-state index in [9.17, 15) is 10.2 Å². The van der Waals surface area contributed by atoms with Crippen LogP contribution in [0.25, 0.3) is 11.1 Å². The normalized spacial score (nSPS) is 12.9. The lowest BCUT2D eigenvalue weighted by Crippen LogP contribution is -2.30. The topological polar surface area (TPSA) is 77.4 Å². The lowest BCUT2D eigenvalue weighted by molar-refractivity contribution is 0.267. The van der Waals surface area contributed by atoms with Gasteiger partial charge in [-0.1, -0.05) is 48.5 Å². The smallest absolute Gasteiger partial charge is 0.203 e. The van der Waals surface area contributed by atoms with E-state index >= 15 is 0 Å². The van der Waals surface area contributed by atoms with Gasteiger partial charge in [0.05, 0.1) is 31.8 Å². The Bertz CT molecular complexity index is 1380. The summed E-state index contributed by atoms with van der Waals surface area (Å²) in [5, 5.41) is 21.7. The third kappa shape index (κ3) is 4.02. The standard InChI is InChI=1S/C33H34O6/c1-5-36-29-25(17-19-27(34)31(29)38-7-3)33(26-18-20-28(35)32(39-8-4)30(26)37-6-2)23-15-11-9-13-21(23)22-14-10-12-16-24(22)33/h9-20,34-35H,5-8H2,1-4H3. The molecule has 4 aromatic carbocycles. The Labute approximate surface area is 229 Å². The van der Waals surface area contributed by atoms with Gasteiger partial charge in [-0.2, -0.15) is 0 Å². The van der Waals surface area contributed by atoms with Crippen LogP contribution in [0.4, 0.5) is 0 Å². The van der Waals surface area contributed by atoms with Gasteiger partial charge in [-0.3, -0.25) is 0 Å². The van der Waals surface area contributed by atoms with Crippen LogP contribution in [0.5, 0.6) is 34.5 Å². The van der Waals surface area contributed by atoms with Crippen molar-refractivity contribution in [1.29, 1.82) is 0 Å². The number of rotatable bonds is 10. The third-order valence-corrected chi connectivity index (χ3v) is 7.10. The first-order chi connectivity index (χ1) is 19.0. The SMILES string of the molecule is CCOc1c(O)ccc(C2(c3ccc(O)c(OCC)c3OCC)c3ccccc3-c3ccccc32)c1OCC. The first-order valence-electron chi connectivity index (χ1n) is 13.5. The van der Waals surface area contributed by atoms with Crippen LogP contribution in [0, 0.1) is 0 Å². The summed E-state index contributed by atoms with van der Waals surface area (Å²) in [6.07, 6.45) is 0. The molecule has 2 N–H and O–H groups in total. The Morgan fingerprint density at radius 2 is 0.821 bits per heavy atom. The predicted molar refractivity (Wildman–Crippen MR) is 152 cm³/mol. The number of fused-ring (bicyclic) bond motifs is 3. The van der Waals surface area contributed by atoms with Gasteiger partial charge in [0.2, 0.25) is 11.5 Å². The van der Waals surface area contributed by atoms with E-state index in [2.05, 4.69) is 24.3 Å². The molecule has 0 amide bonds. The van der Waals surface area contributed by atoms with E-state index in [0.717, 1.165) is 33.4 Å². The molecule has 0 aliphatic heterocycles. The van der Waals surface area contributed by atoms with E-state index in [4.69, 9.17) is 18.9 Å². The first kappa shape index (κ1) is 26.3. The number of aromatic hydroxyl groups is 2. The van der Waals surface area contributed by atoms with Gasteiger partial charge in [0, 0.05) is 11.1 Å². The largest absolute Gasteiger partial charge is 0.504 e. The van der Waals surface area contributed by atoms with Gasteiger partial charge in [-0.05, 0) is 74.2 Å². The molecule has 1 aliphatic carbocycles. The number of hydrogen-bond acceptors (Lipinski definition) is 6. The van der Waals surface area contributed by atoms with Crippen molar-refractivity contribution < 1.29 is 29.2 Å². The highest BCUT2D eigenvalue weighted by Gasteiger charge is 2.50. The molecule has 5 rings (SSSR count). The molecule has 6 nitrogen and oxygen atoms in total. The van der Waals surface area contributed by atoms with Crippen LogP contribution >= 0.6 is 0 Å². The maximum Gasteiger partial charge on any atom is 0.203 e. The Morgan fingerprint density at radius 1 is 0.462 bits per heavy atom. The van der Waals surface area contributed by atoms with Crippen molar-refractivity contribution in [1.82, 2.24) is 0 Å². The van der Waals surface area contributed by atoms with Gasteiger partial charge in [0.15, 0.2) is 23.0 Å². The van der Waals surface area contributed by atoms with Gasteiger partial charge in [0.25, 0.3) is 0 Å². The van der Waals surface area contributed by atoms with Gasteiger partial charge in [-0.15, -0.1) is 0 Å². The molecule has 1 aliphatic rings. The quantitative estimate of drug-likeness (QED) is 0.203. The van der Waals surface area contributed by atoms with Crippen molar-refractivity contribution in [3.63, 3.8) is 0 Å². The molecule has 0 unspecified atom stereocenters. The molecule has 6 heteroatoms. The van der Waals surface area contributed by atoms with Crippen molar-refractivity contribution in [3.05, 3.63) is 95.1 Å².